The standard InChI is InChI=1S/C24H32O12/c1-2-3-9-15(27)16(10-7-5-4-6-8-11-25)35-22-20(30)19(29)18(28)17(36-22)12-33-23-21(31)24(32,13-26)14-34-23/h2-3,6,8-9,15-23,25-32H,1,11-14H2/b8-6+,9-3-/t15-,16+,17-,18-,19+,20-,21+,22-,23-,24-/m1/s1. The van der Waals surface area contributed by atoms with Gasteiger partial charge in [-0.25, -0.2) is 0 Å². The Morgan fingerprint density at radius 1 is 1.08 bits per heavy atom. The first kappa shape index (κ1) is 30.1. The lowest BCUT2D eigenvalue weighted by molar-refractivity contribution is -0.317. The maximum absolute atomic E-state index is 10.4. The van der Waals surface area contributed by atoms with Gasteiger partial charge in [-0.05, 0) is 17.9 Å². The third-order valence-electron chi connectivity index (χ3n) is 5.36. The lowest BCUT2D eigenvalue weighted by Gasteiger charge is -2.41. The molecule has 0 bridgehead atoms. The lowest BCUT2D eigenvalue weighted by atomic mass is 9.99. The molecule has 0 saturated carbocycles. The highest BCUT2D eigenvalue weighted by molar-refractivity contribution is 5.32. The van der Waals surface area contributed by atoms with Crippen LogP contribution < -0.4 is 0 Å². The average Bonchev–Trinajstić information content (AvgIpc) is 3.16. The zero-order chi connectivity index (χ0) is 26.7. The van der Waals surface area contributed by atoms with Crippen molar-refractivity contribution in [2.75, 3.05) is 26.4 Å². The smallest absolute Gasteiger partial charge is 0.188 e. The van der Waals surface area contributed by atoms with Gasteiger partial charge < -0.3 is 59.8 Å². The van der Waals surface area contributed by atoms with Crippen molar-refractivity contribution in [3.8, 4) is 23.7 Å². The number of aliphatic hydroxyl groups excluding tert-OH is 7. The second-order valence-corrected chi connectivity index (χ2v) is 8.03. The maximum atomic E-state index is 10.4. The molecule has 2 rings (SSSR count). The van der Waals surface area contributed by atoms with Crippen LogP contribution >= 0.6 is 0 Å². The average molecular weight is 513 g/mol. The summed E-state index contributed by atoms with van der Waals surface area (Å²) in [5, 5.41) is 79.4. The molecule has 2 heterocycles. The van der Waals surface area contributed by atoms with Crippen molar-refractivity contribution in [1.82, 2.24) is 0 Å². The monoisotopic (exact) mass is 512 g/mol. The fourth-order valence-corrected chi connectivity index (χ4v) is 3.23. The Morgan fingerprint density at radius 2 is 1.83 bits per heavy atom. The highest BCUT2D eigenvalue weighted by Gasteiger charge is 2.50. The molecule has 0 spiro atoms. The summed E-state index contributed by atoms with van der Waals surface area (Å²) in [6.45, 7) is 1.67. The van der Waals surface area contributed by atoms with E-state index in [0.29, 0.717) is 0 Å². The van der Waals surface area contributed by atoms with Crippen LogP contribution in [0.25, 0.3) is 0 Å². The molecule has 36 heavy (non-hydrogen) atoms. The van der Waals surface area contributed by atoms with Gasteiger partial charge in [-0.1, -0.05) is 42.7 Å². The van der Waals surface area contributed by atoms with Gasteiger partial charge in [0.2, 0.25) is 0 Å². The molecule has 0 unspecified atom stereocenters. The molecule has 200 valence electrons. The van der Waals surface area contributed by atoms with Crippen LogP contribution in [0.15, 0.2) is 37.0 Å². The van der Waals surface area contributed by atoms with Crippen molar-refractivity contribution < 1.29 is 59.8 Å². The minimum atomic E-state index is -1.92. The molecule has 0 aromatic rings. The van der Waals surface area contributed by atoms with E-state index < -0.39 is 80.7 Å². The lowest BCUT2D eigenvalue weighted by Crippen LogP contribution is -2.60. The van der Waals surface area contributed by atoms with Crippen molar-refractivity contribution in [3.63, 3.8) is 0 Å². The van der Waals surface area contributed by atoms with Crippen LogP contribution in [0.4, 0.5) is 0 Å². The fourth-order valence-electron chi connectivity index (χ4n) is 3.23. The second kappa shape index (κ2) is 14.6. The first-order valence-electron chi connectivity index (χ1n) is 11.0. The Kier molecular flexibility index (Phi) is 12.2. The Labute approximate surface area is 208 Å². The summed E-state index contributed by atoms with van der Waals surface area (Å²) < 4.78 is 21.6. The summed E-state index contributed by atoms with van der Waals surface area (Å²) in [7, 11) is 0. The summed E-state index contributed by atoms with van der Waals surface area (Å²) >= 11 is 0. The molecular weight excluding hydrogens is 480 g/mol. The highest BCUT2D eigenvalue weighted by atomic mass is 16.7. The molecule has 2 aliphatic rings. The van der Waals surface area contributed by atoms with Gasteiger partial charge in [-0.3, -0.25) is 0 Å². The molecule has 0 aromatic heterocycles. The molecule has 0 amide bonds. The van der Waals surface area contributed by atoms with Crippen molar-refractivity contribution in [1.29, 1.82) is 0 Å². The van der Waals surface area contributed by atoms with Gasteiger partial charge in [0.1, 0.15) is 42.2 Å². The van der Waals surface area contributed by atoms with E-state index in [9.17, 15) is 35.7 Å². The summed E-state index contributed by atoms with van der Waals surface area (Å²) in [4.78, 5) is 0. The quantitative estimate of drug-likeness (QED) is 0.105. The number of ether oxygens (including phenoxy) is 4. The Bertz CT molecular complexity index is 883. The summed E-state index contributed by atoms with van der Waals surface area (Å²) in [6, 6.07) is 0. The van der Waals surface area contributed by atoms with E-state index in [1.165, 1.54) is 30.4 Å². The predicted molar refractivity (Wildman–Crippen MR) is 122 cm³/mol. The number of hydrogen-bond acceptors (Lipinski definition) is 12. The predicted octanol–water partition coefficient (Wildman–Crippen LogP) is -3.71. The Hall–Kier alpha value is -2.14. The van der Waals surface area contributed by atoms with E-state index in [4.69, 9.17) is 24.1 Å². The Morgan fingerprint density at radius 3 is 2.47 bits per heavy atom. The van der Waals surface area contributed by atoms with Gasteiger partial charge >= 0.3 is 0 Å². The molecule has 2 saturated heterocycles. The number of hydrogen-bond donors (Lipinski definition) is 8. The SMILES string of the molecule is C=C/C=C\[C@@H](O)[C@H](C#CC#C/C=C/CO)O[C@@H]1O[C@H](CO[C@@H]2OC[C@](O)(CO)[C@H]2O)[C@@H](O)[C@H](O)[C@H]1O. The van der Waals surface area contributed by atoms with Crippen molar-refractivity contribution in [2.45, 2.75) is 60.9 Å². The molecule has 0 aromatic carbocycles. The van der Waals surface area contributed by atoms with E-state index in [1.807, 2.05) is 0 Å². The van der Waals surface area contributed by atoms with Gasteiger partial charge in [0, 0.05) is 0 Å². The Balaban J connectivity index is 2.12. The van der Waals surface area contributed by atoms with E-state index in [-0.39, 0.29) is 6.61 Å². The zero-order valence-corrected chi connectivity index (χ0v) is 19.3. The van der Waals surface area contributed by atoms with Crippen LogP contribution in [0.1, 0.15) is 0 Å². The van der Waals surface area contributed by atoms with Gasteiger partial charge in [-0.2, -0.15) is 0 Å². The van der Waals surface area contributed by atoms with Crippen molar-refractivity contribution in [3.05, 3.63) is 37.0 Å². The third kappa shape index (κ3) is 7.93. The van der Waals surface area contributed by atoms with Crippen LogP contribution in [-0.4, -0.2) is 128 Å². The van der Waals surface area contributed by atoms with Crippen LogP contribution in [0.3, 0.4) is 0 Å². The topological polar surface area (TPSA) is 199 Å². The largest absolute Gasteiger partial charge is 0.393 e. The first-order chi connectivity index (χ1) is 17.2. The minimum absolute atomic E-state index is 0.191. The fraction of sp³-hybridized carbons (Fsp3) is 0.583. The van der Waals surface area contributed by atoms with Crippen LogP contribution in [0.5, 0.6) is 0 Å². The van der Waals surface area contributed by atoms with E-state index >= 15 is 0 Å². The number of aliphatic hydroxyl groups is 8. The zero-order valence-electron chi connectivity index (χ0n) is 19.3. The van der Waals surface area contributed by atoms with Crippen molar-refractivity contribution >= 4 is 0 Å². The number of rotatable bonds is 10. The van der Waals surface area contributed by atoms with Gasteiger partial charge in [0.15, 0.2) is 18.7 Å². The molecule has 2 aliphatic heterocycles. The van der Waals surface area contributed by atoms with Crippen molar-refractivity contribution in [2.24, 2.45) is 0 Å². The van der Waals surface area contributed by atoms with Crippen LogP contribution in [-0.2, 0) is 18.9 Å². The molecule has 2 fully saturated rings. The molecule has 0 radical (unpaired) electrons. The van der Waals surface area contributed by atoms with Gasteiger partial charge in [0.05, 0.1) is 26.4 Å². The van der Waals surface area contributed by atoms with Crippen LogP contribution in [0, 0.1) is 23.7 Å². The summed E-state index contributed by atoms with van der Waals surface area (Å²) in [5.74, 6) is 10.0. The molecule has 0 aliphatic carbocycles. The molecule has 8 N–H and O–H groups in total. The summed E-state index contributed by atoms with van der Waals surface area (Å²) in [6.07, 6.45) is -6.60. The minimum Gasteiger partial charge on any atom is -0.393 e. The van der Waals surface area contributed by atoms with E-state index in [1.54, 1.807) is 0 Å². The van der Waals surface area contributed by atoms with E-state index in [2.05, 4.69) is 30.3 Å². The van der Waals surface area contributed by atoms with Gasteiger partial charge in [0.25, 0.3) is 0 Å². The number of allylic oxidation sites excluding steroid dienone is 3. The van der Waals surface area contributed by atoms with E-state index in [0.717, 1.165) is 0 Å². The first-order valence-corrected chi connectivity index (χ1v) is 11.0. The van der Waals surface area contributed by atoms with Crippen LogP contribution in [0.2, 0.25) is 0 Å². The summed E-state index contributed by atoms with van der Waals surface area (Å²) in [5.41, 5.74) is -1.92. The molecule has 12 nitrogen and oxygen atoms in total. The third-order valence-corrected chi connectivity index (χ3v) is 5.36. The van der Waals surface area contributed by atoms with Gasteiger partial charge in [-0.15, -0.1) is 0 Å². The molecule has 10 atom stereocenters. The normalized spacial score (nSPS) is 36.2. The molecular formula is C24H32O12. The maximum Gasteiger partial charge on any atom is 0.188 e. The molecule has 12 heteroatoms. The second-order valence-electron chi connectivity index (χ2n) is 8.03. The highest BCUT2D eigenvalue weighted by Crippen LogP contribution is 2.28.